The zero-order chi connectivity index (χ0) is 14.0. The summed E-state index contributed by atoms with van der Waals surface area (Å²) in [6, 6.07) is 7.08. The molecule has 0 aliphatic rings. The summed E-state index contributed by atoms with van der Waals surface area (Å²) < 4.78 is 13.3. The first kappa shape index (κ1) is 13.2. The van der Waals surface area contributed by atoms with E-state index in [1.807, 2.05) is 0 Å². The monoisotopic (exact) mass is 279 g/mol. The van der Waals surface area contributed by atoms with Gasteiger partial charge in [-0.15, -0.1) is 11.3 Å². The second-order valence-corrected chi connectivity index (χ2v) is 4.97. The van der Waals surface area contributed by atoms with Crippen LogP contribution in [0.3, 0.4) is 0 Å². The van der Waals surface area contributed by atoms with E-state index in [4.69, 9.17) is 5.11 Å². The molecule has 6 heteroatoms. The minimum atomic E-state index is -1.05. The molecule has 0 unspecified atom stereocenters. The SMILES string of the molecule is Cc1ccc(C(=O)Nc2ccc(C(=O)O)s2)cc1F. The molecule has 0 fully saturated rings. The van der Waals surface area contributed by atoms with E-state index in [1.54, 1.807) is 6.92 Å². The van der Waals surface area contributed by atoms with Crippen LogP contribution in [0.2, 0.25) is 0 Å². The standard InChI is InChI=1S/C13H10FNO3S/c1-7-2-3-8(6-9(7)14)12(16)15-11-5-4-10(19-11)13(17)18/h2-6H,1H3,(H,15,16)(H,17,18). The predicted molar refractivity (Wildman–Crippen MR) is 70.4 cm³/mol. The third-order valence-electron chi connectivity index (χ3n) is 2.49. The molecule has 19 heavy (non-hydrogen) atoms. The summed E-state index contributed by atoms with van der Waals surface area (Å²) in [6.45, 7) is 1.61. The average Bonchev–Trinajstić information content (AvgIpc) is 2.81. The second kappa shape index (κ2) is 5.19. The number of hydrogen-bond acceptors (Lipinski definition) is 3. The molecule has 2 rings (SSSR count). The van der Waals surface area contributed by atoms with Crippen molar-refractivity contribution in [3.63, 3.8) is 0 Å². The third-order valence-corrected chi connectivity index (χ3v) is 3.48. The highest BCUT2D eigenvalue weighted by Gasteiger charge is 2.11. The zero-order valence-electron chi connectivity index (χ0n) is 9.94. The lowest BCUT2D eigenvalue weighted by Gasteiger charge is -2.03. The molecule has 2 N–H and O–H groups in total. The molecule has 0 radical (unpaired) electrons. The minimum absolute atomic E-state index is 0.130. The lowest BCUT2D eigenvalue weighted by molar-refractivity contribution is 0.0702. The van der Waals surface area contributed by atoms with E-state index in [0.29, 0.717) is 10.6 Å². The maximum atomic E-state index is 13.3. The van der Waals surface area contributed by atoms with Gasteiger partial charge in [-0.25, -0.2) is 9.18 Å². The van der Waals surface area contributed by atoms with Gasteiger partial charge in [-0.2, -0.15) is 0 Å². The van der Waals surface area contributed by atoms with Crippen molar-refractivity contribution in [2.75, 3.05) is 5.32 Å². The third kappa shape index (κ3) is 2.97. The normalized spacial score (nSPS) is 10.2. The van der Waals surface area contributed by atoms with Gasteiger partial charge in [0.05, 0.1) is 5.00 Å². The Morgan fingerprint density at radius 1 is 1.26 bits per heavy atom. The van der Waals surface area contributed by atoms with Gasteiger partial charge in [0.2, 0.25) is 0 Å². The van der Waals surface area contributed by atoms with Crippen LogP contribution in [-0.4, -0.2) is 17.0 Å². The number of carboxylic acid groups (broad SMARTS) is 1. The molecule has 0 spiro atoms. The van der Waals surface area contributed by atoms with Crippen LogP contribution < -0.4 is 5.32 Å². The Morgan fingerprint density at radius 2 is 2.00 bits per heavy atom. The highest BCUT2D eigenvalue weighted by atomic mass is 32.1. The van der Waals surface area contributed by atoms with E-state index in [0.717, 1.165) is 17.4 Å². The molecule has 0 saturated heterocycles. The van der Waals surface area contributed by atoms with Gasteiger partial charge in [0, 0.05) is 5.56 Å². The zero-order valence-corrected chi connectivity index (χ0v) is 10.8. The quantitative estimate of drug-likeness (QED) is 0.907. The molecule has 0 aliphatic carbocycles. The summed E-state index contributed by atoms with van der Waals surface area (Å²) in [6.07, 6.45) is 0. The first-order valence-electron chi connectivity index (χ1n) is 5.38. The van der Waals surface area contributed by atoms with Crippen molar-refractivity contribution in [2.45, 2.75) is 6.92 Å². The first-order valence-corrected chi connectivity index (χ1v) is 6.19. The number of nitrogens with one attached hydrogen (secondary N) is 1. The van der Waals surface area contributed by atoms with Crippen LogP contribution in [-0.2, 0) is 0 Å². The number of carboxylic acids is 1. The highest BCUT2D eigenvalue weighted by Crippen LogP contribution is 2.22. The van der Waals surface area contributed by atoms with Gasteiger partial charge in [-0.3, -0.25) is 4.79 Å². The fraction of sp³-hybridized carbons (Fsp3) is 0.0769. The number of hydrogen-bond donors (Lipinski definition) is 2. The van der Waals surface area contributed by atoms with E-state index in [2.05, 4.69) is 5.32 Å². The molecule has 0 atom stereocenters. The van der Waals surface area contributed by atoms with Gasteiger partial charge < -0.3 is 10.4 Å². The molecule has 1 heterocycles. The second-order valence-electron chi connectivity index (χ2n) is 3.89. The molecule has 4 nitrogen and oxygen atoms in total. The van der Waals surface area contributed by atoms with E-state index in [1.165, 1.54) is 24.3 Å². The Morgan fingerprint density at radius 3 is 2.58 bits per heavy atom. The lowest BCUT2D eigenvalue weighted by Crippen LogP contribution is -2.11. The Bertz CT molecular complexity index is 651. The van der Waals surface area contributed by atoms with Gasteiger partial charge in [0.1, 0.15) is 10.7 Å². The molecular weight excluding hydrogens is 269 g/mol. The molecule has 0 aliphatic heterocycles. The Kier molecular flexibility index (Phi) is 3.62. The van der Waals surface area contributed by atoms with E-state index >= 15 is 0 Å². The molecule has 0 bridgehead atoms. The molecular formula is C13H10FNO3S. The fourth-order valence-electron chi connectivity index (χ4n) is 1.44. The van der Waals surface area contributed by atoms with Crippen molar-refractivity contribution in [3.8, 4) is 0 Å². The van der Waals surface area contributed by atoms with Crippen LogP contribution in [0.25, 0.3) is 0 Å². The number of aromatic carboxylic acids is 1. The van der Waals surface area contributed by atoms with Crippen LogP contribution in [0, 0.1) is 12.7 Å². The van der Waals surface area contributed by atoms with Gasteiger partial charge in [0.25, 0.3) is 5.91 Å². The van der Waals surface area contributed by atoms with Gasteiger partial charge in [0.15, 0.2) is 0 Å². The minimum Gasteiger partial charge on any atom is -0.477 e. The van der Waals surface area contributed by atoms with Crippen molar-refractivity contribution in [2.24, 2.45) is 0 Å². The van der Waals surface area contributed by atoms with Crippen LogP contribution in [0.4, 0.5) is 9.39 Å². The van der Waals surface area contributed by atoms with E-state index in [-0.39, 0.29) is 10.4 Å². The molecule has 1 aromatic heterocycles. The number of carbonyl (C=O) groups is 2. The van der Waals surface area contributed by atoms with Gasteiger partial charge >= 0.3 is 5.97 Å². The van der Waals surface area contributed by atoms with Crippen LogP contribution >= 0.6 is 11.3 Å². The van der Waals surface area contributed by atoms with Crippen molar-refractivity contribution < 1.29 is 19.1 Å². The van der Waals surface area contributed by atoms with Gasteiger partial charge in [-0.05, 0) is 36.8 Å². The van der Waals surface area contributed by atoms with Crippen molar-refractivity contribution in [1.29, 1.82) is 0 Å². The number of thiophene rings is 1. The van der Waals surface area contributed by atoms with Crippen LogP contribution in [0.1, 0.15) is 25.6 Å². The van der Waals surface area contributed by atoms with E-state index < -0.39 is 17.7 Å². The predicted octanol–water partition coefficient (Wildman–Crippen LogP) is 3.15. The fourth-order valence-corrected chi connectivity index (χ4v) is 2.18. The number of amides is 1. The maximum absolute atomic E-state index is 13.3. The lowest BCUT2D eigenvalue weighted by atomic mass is 10.1. The summed E-state index contributed by atoms with van der Waals surface area (Å²) in [5, 5.41) is 11.7. The van der Waals surface area contributed by atoms with Crippen molar-refractivity contribution in [3.05, 3.63) is 52.2 Å². The number of anilines is 1. The summed E-state index contributed by atoms with van der Waals surface area (Å²) in [5.41, 5.74) is 0.647. The molecule has 98 valence electrons. The summed E-state index contributed by atoms with van der Waals surface area (Å²) >= 11 is 0.946. The van der Waals surface area contributed by atoms with Crippen LogP contribution in [0.5, 0.6) is 0 Å². The van der Waals surface area contributed by atoms with Crippen molar-refractivity contribution >= 4 is 28.2 Å². The van der Waals surface area contributed by atoms with Gasteiger partial charge in [-0.1, -0.05) is 6.07 Å². The number of aryl methyl sites for hydroxylation is 1. The Labute approximate surface area is 112 Å². The average molecular weight is 279 g/mol. The largest absolute Gasteiger partial charge is 0.477 e. The summed E-state index contributed by atoms with van der Waals surface area (Å²) in [4.78, 5) is 22.7. The maximum Gasteiger partial charge on any atom is 0.345 e. The number of benzene rings is 1. The Balaban J connectivity index is 2.15. The van der Waals surface area contributed by atoms with E-state index in [9.17, 15) is 14.0 Å². The summed E-state index contributed by atoms with van der Waals surface area (Å²) in [5.74, 6) is -1.98. The number of carbonyl (C=O) groups excluding carboxylic acids is 1. The number of halogens is 1. The number of rotatable bonds is 3. The first-order chi connectivity index (χ1) is 8.97. The Hall–Kier alpha value is -2.21. The smallest absolute Gasteiger partial charge is 0.345 e. The topological polar surface area (TPSA) is 66.4 Å². The van der Waals surface area contributed by atoms with Crippen LogP contribution in [0.15, 0.2) is 30.3 Å². The highest BCUT2D eigenvalue weighted by molar-refractivity contribution is 7.18. The summed E-state index contributed by atoms with van der Waals surface area (Å²) in [7, 11) is 0. The van der Waals surface area contributed by atoms with Crippen molar-refractivity contribution in [1.82, 2.24) is 0 Å². The molecule has 2 aromatic rings. The molecule has 1 aromatic carbocycles. The molecule has 0 saturated carbocycles. The molecule has 1 amide bonds.